The topological polar surface area (TPSA) is 64.3 Å². The predicted molar refractivity (Wildman–Crippen MR) is 76.3 cm³/mol. The van der Waals surface area contributed by atoms with Crippen LogP contribution in [-0.4, -0.2) is 28.5 Å². The molecule has 1 aromatic rings. The lowest BCUT2D eigenvalue weighted by atomic mass is 9.77. The van der Waals surface area contributed by atoms with Gasteiger partial charge in [0.15, 0.2) is 0 Å². The fraction of sp³-hybridized carbons (Fsp3) is 0.500. The molecule has 1 aliphatic heterocycles. The van der Waals surface area contributed by atoms with Crippen molar-refractivity contribution in [1.29, 1.82) is 5.26 Å². The van der Waals surface area contributed by atoms with E-state index in [9.17, 15) is 15.2 Å². The Morgan fingerprint density at radius 2 is 2.20 bits per heavy atom. The number of nitriles is 1. The fourth-order valence-electron chi connectivity index (χ4n) is 2.83. The van der Waals surface area contributed by atoms with Crippen molar-refractivity contribution >= 4 is 5.91 Å². The zero-order valence-electron chi connectivity index (χ0n) is 12.2. The predicted octanol–water partition coefficient (Wildman–Crippen LogP) is 2.86. The lowest BCUT2D eigenvalue weighted by Crippen LogP contribution is -2.51. The largest absolute Gasteiger partial charge is 0.507 e. The van der Waals surface area contributed by atoms with Crippen molar-refractivity contribution in [2.24, 2.45) is 5.41 Å². The fourth-order valence-corrected chi connectivity index (χ4v) is 2.83. The standard InChI is InChI=1S/C16H20N2O2/c1-11-5-6-12(13(19)9-11)15(20)18-8-4-7-16(2,3)14(18)10-17/h5-6,9,14,19H,4,7-8H2,1-3H3/t14-/m1/s1. The highest BCUT2D eigenvalue weighted by molar-refractivity contribution is 5.97. The first-order valence-corrected chi connectivity index (χ1v) is 6.87. The van der Waals surface area contributed by atoms with Crippen LogP contribution in [0.3, 0.4) is 0 Å². The Hall–Kier alpha value is -2.02. The number of phenolic OH excluding ortho intramolecular Hbond substituents is 1. The van der Waals surface area contributed by atoms with Crippen molar-refractivity contribution in [3.63, 3.8) is 0 Å². The second-order valence-corrected chi connectivity index (χ2v) is 6.14. The number of hydrogen-bond donors (Lipinski definition) is 1. The molecule has 0 unspecified atom stereocenters. The molecule has 20 heavy (non-hydrogen) atoms. The summed E-state index contributed by atoms with van der Waals surface area (Å²) in [6.07, 6.45) is 1.80. The molecule has 0 bridgehead atoms. The van der Waals surface area contributed by atoms with E-state index in [-0.39, 0.29) is 22.6 Å². The first-order chi connectivity index (χ1) is 9.36. The van der Waals surface area contributed by atoms with Crippen LogP contribution in [0.1, 0.15) is 42.6 Å². The molecule has 2 rings (SSSR count). The maximum absolute atomic E-state index is 12.6. The van der Waals surface area contributed by atoms with Gasteiger partial charge < -0.3 is 10.0 Å². The van der Waals surface area contributed by atoms with Gasteiger partial charge >= 0.3 is 0 Å². The molecule has 0 radical (unpaired) electrons. The van der Waals surface area contributed by atoms with Gasteiger partial charge in [-0.1, -0.05) is 19.9 Å². The molecule has 4 heteroatoms. The van der Waals surface area contributed by atoms with Gasteiger partial charge in [0.2, 0.25) is 0 Å². The highest BCUT2D eigenvalue weighted by atomic mass is 16.3. The number of hydrogen-bond acceptors (Lipinski definition) is 3. The van der Waals surface area contributed by atoms with Gasteiger partial charge in [0.05, 0.1) is 11.6 Å². The van der Waals surface area contributed by atoms with Crippen LogP contribution in [0.5, 0.6) is 5.75 Å². The summed E-state index contributed by atoms with van der Waals surface area (Å²) in [6.45, 7) is 6.44. The summed E-state index contributed by atoms with van der Waals surface area (Å²) >= 11 is 0. The van der Waals surface area contributed by atoms with E-state index >= 15 is 0 Å². The molecule has 1 amide bonds. The minimum Gasteiger partial charge on any atom is -0.507 e. The summed E-state index contributed by atoms with van der Waals surface area (Å²) in [5.41, 5.74) is 0.951. The molecule has 106 valence electrons. The monoisotopic (exact) mass is 272 g/mol. The van der Waals surface area contributed by atoms with Gasteiger partial charge in [-0.3, -0.25) is 4.79 Å². The van der Waals surface area contributed by atoms with Crippen molar-refractivity contribution in [1.82, 2.24) is 4.90 Å². The third-order valence-electron chi connectivity index (χ3n) is 4.04. The Morgan fingerprint density at radius 1 is 1.50 bits per heavy atom. The molecule has 1 N–H and O–H groups in total. The number of phenols is 1. The van der Waals surface area contributed by atoms with E-state index in [4.69, 9.17) is 0 Å². The van der Waals surface area contributed by atoms with Crippen LogP contribution in [0.15, 0.2) is 18.2 Å². The average Bonchev–Trinajstić information content (AvgIpc) is 2.36. The first kappa shape index (κ1) is 14.4. The van der Waals surface area contributed by atoms with Crippen molar-refractivity contribution in [3.05, 3.63) is 29.3 Å². The van der Waals surface area contributed by atoms with Gasteiger partial charge in [-0.2, -0.15) is 5.26 Å². The van der Waals surface area contributed by atoms with Crippen LogP contribution in [0.25, 0.3) is 0 Å². The number of nitrogens with zero attached hydrogens (tertiary/aromatic N) is 2. The normalized spacial score (nSPS) is 21.3. The Kier molecular flexibility index (Phi) is 3.71. The van der Waals surface area contributed by atoms with E-state index in [0.29, 0.717) is 6.54 Å². The maximum Gasteiger partial charge on any atom is 0.258 e. The van der Waals surface area contributed by atoms with E-state index in [2.05, 4.69) is 6.07 Å². The number of aromatic hydroxyl groups is 1. The number of likely N-dealkylation sites (tertiary alicyclic amines) is 1. The number of amides is 1. The van der Waals surface area contributed by atoms with E-state index in [1.165, 1.54) is 0 Å². The van der Waals surface area contributed by atoms with Crippen LogP contribution in [0.4, 0.5) is 0 Å². The summed E-state index contributed by atoms with van der Waals surface area (Å²) < 4.78 is 0. The molecule has 1 fully saturated rings. The molecular formula is C16H20N2O2. The molecular weight excluding hydrogens is 252 g/mol. The Bertz CT molecular complexity index is 572. The average molecular weight is 272 g/mol. The van der Waals surface area contributed by atoms with E-state index in [1.807, 2.05) is 20.8 Å². The van der Waals surface area contributed by atoms with Crippen LogP contribution in [-0.2, 0) is 0 Å². The Morgan fingerprint density at radius 3 is 2.80 bits per heavy atom. The van der Waals surface area contributed by atoms with Crippen molar-refractivity contribution < 1.29 is 9.90 Å². The van der Waals surface area contributed by atoms with Gasteiger partial charge in [0.1, 0.15) is 11.8 Å². The third-order valence-corrected chi connectivity index (χ3v) is 4.04. The molecule has 4 nitrogen and oxygen atoms in total. The highest BCUT2D eigenvalue weighted by Gasteiger charge is 2.40. The van der Waals surface area contributed by atoms with Crippen molar-refractivity contribution in [3.8, 4) is 11.8 Å². The molecule has 0 spiro atoms. The molecule has 1 heterocycles. The number of piperidine rings is 1. The molecule has 0 aliphatic carbocycles. The molecule has 0 aromatic heterocycles. The highest BCUT2D eigenvalue weighted by Crippen LogP contribution is 2.36. The van der Waals surface area contributed by atoms with Gasteiger partial charge in [-0.25, -0.2) is 0 Å². The van der Waals surface area contributed by atoms with Crippen LogP contribution >= 0.6 is 0 Å². The lowest BCUT2D eigenvalue weighted by molar-refractivity contribution is 0.0435. The maximum atomic E-state index is 12.6. The number of rotatable bonds is 1. The van der Waals surface area contributed by atoms with Gasteiger partial charge in [0.25, 0.3) is 5.91 Å². The second-order valence-electron chi connectivity index (χ2n) is 6.14. The quantitative estimate of drug-likeness (QED) is 0.855. The SMILES string of the molecule is Cc1ccc(C(=O)N2CCCC(C)(C)[C@H]2C#N)c(O)c1. The Labute approximate surface area is 119 Å². The third kappa shape index (κ3) is 2.49. The van der Waals surface area contributed by atoms with Crippen molar-refractivity contribution in [2.75, 3.05) is 6.54 Å². The van der Waals surface area contributed by atoms with Gasteiger partial charge in [-0.15, -0.1) is 0 Å². The summed E-state index contributed by atoms with van der Waals surface area (Å²) in [5, 5.41) is 19.4. The van der Waals surface area contributed by atoms with Gasteiger partial charge in [0, 0.05) is 6.54 Å². The molecule has 1 saturated heterocycles. The number of carbonyl (C=O) groups excluding carboxylic acids is 1. The van der Waals surface area contributed by atoms with E-state index in [0.717, 1.165) is 18.4 Å². The summed E-state index contributed by atoms with van der Waals surface area (Å²) in [7, 11) is 0. The smallest absolute Gasteiger partial charge is 0.258 e. The zero-order chi connectivity index (χ0) is 14.9. The van der Waals surface area contributed by atoms with Crippen LogP contribution in [0.2, 0.25) is 0 Å². The lowest BCUT2D eigenvalue weighted by Gasteiger charge is -2.42. The Balaban J connectivity index is 2.35. The first-order valence-electron chi connectivity index (χ1n) is 6.87. The summed E-state index contributed by atoms with van der Waals surface area (Å²) in [6, 6.07) is 6.79. The second kappa shape index (κ2) is 5.16. The molecule has 1 atom stereocenters. The summed E-state index contributed by atoms with van der Waals surface area (Å²) in [4.78, 5) is 14.2. The molecule has 1 aromatic carbocycles. The van der Waals surface area contributed by atoms with E-state index < -0.39 is 6.04 Å². The molecule has 0 saturated carbocycles. The minimum atomic E-state index is -0.454. The number of carbonyl (C=O) groups is 1. The van der Waals surface area contributed by atoms with Gasteiger partial charge in [-0.05, 0) is 42.9 Å². The number of benzene rings is 1. The minimum absolute atomic E-state index is 0.0185. The van der Waals surface area contributed by atoms with E-state index in [1.54, 1.807) is 23.1 Å². The summed E-state index contributed by atoms with van der Waals surface area (Å²) in [5.74, 6) is -0.281. The van der Waals surface area contributed by atoms with Crippen LogP contribution in [0, 0.1) is 23.7 Å². The zero-order valence-corrected chi connectivity index (χ0v) is 12.2. The van der Waals surface area contributed by atoms with Crippen molar-refractivity contribution in [2.45, 2.75) is 39.7 Å². The van der Waals surface area contributed by atoms with Crippen LogP contribution < -0.4 is 0 Å². The number of aryl methyl sites for hydroxylation is 1. The molecule has 1 aliphatic rings.